The standard InChI is InChI=1S/C18H21N3/c1-4-17-16(12-21(3)20-17)18(19-2)15-11-7-9-13-8-5-6-10-14(13)15/h5-12,18-19H,4H2,1-3H3. The molecule has 0 aliphatic carbocycles. The summed E-state index contributed by atoms with van der Waals surface area (Å²) in [6.07, 6.45) is 3.07. The summed E-state index contributed by atoms with van der Waals surface area (Å²) in [6, 6.07) is 15.2. The fourth-order valence-electron chi connectivity index (χ4n) is 3.05. The summed E-state index contributed by atoms with van der Waals surface area (Å²) in [5, 5.41) is 10.6. The summed E-state index contributed by atoms with van der Waals surface area (Å²) in [4.78, 5) is 0. The molecule has 1 aromatic heterocycles. The van der Waals surface area contributed by atoms with Crippen molar-refractivity contribution in [2.24, 2.45) is 7.05 Å². The monoisotopic (exact) mass is 279 g/mol. The van der Waals surface area contributed by atoms with Gasteiger partial charge in [-0.15, -0.1) is 0 Å². The number of aryl methyl sites for hydroxylation is 2. The Morgan fingerprint density at radius 1 is 1.10 bits per heavy atom. The van der Waals surface area contributed by atoms with Crippen LogP contribution in [0, 0.1) is 0 Å². The van der Waals surface area contributed by atoms with Crippen molar-refractivity contribution in [1.82, 2.24) is 15.1 Å². The topological polar surface area (TPSA) is 29.9 Å². The predicted molar refractivity (Wildman–Crippen MR) is 87.4 cm³/mol. The van der Waals surface area contributed by atoms with Crippen LogP contribution < -0.4 is 5.32 Å². The Hall–Kier alpha value is -2.13. The molecule has 1 N–H and O–H groups in total. The van der Waals surface area contributed by atoms with Crippen LogP contribution in [-0.2, 0) is 13.5 Å². The fourth-order valence-corrected chi connectivity index (χ4v) is 3.05. The second kappa shape index (κ2) is 5.70. The van der Waals surface area contributed by atoms with Crippen LogP contribution in [0.25, 0.3) is 10.8 Å². The van der Waals surface area contributed by atoms with Gasteiger partial charge in [0.15, 0.2) is 0 Å². The normalized spacial score (nSPS) is 12.7. The van der Waals surface area contributed by atoms with E-state index in [1.807, 2.05) is 18.8 Å². The molecular weight excluding hydrogens is 258 g/mol. The maximum Gasteiger partial charge on any atom is 0.0673 e. The highest BCUT2D eigenvalue weighted by Crippen LogP contribution is 2.30. The van der Waals surface area contributed by atoms with Gasteiger partial charge in [0.1, 0.15) is 0 Å². The minimum Gasteiger partial charge on any atom is -0.309 e. The lowest BCUT2D eigenvalue weighted by molar-refractivity contribution is 0.688. The highest BCUT2D eigenvalue weighted by Gasteiger charge is 2.19. The summed E-state index contributed by atoms with van der Waals surface area (Å²) in [5.74, 6) is 0. The molecule has 21 heavy (non-hydrogen) atoms. The SMILES string of the molecule is CCc1nn(C)cc1C(NC)c1cccc2ccccc12. The number of nitrogens with zero attached hydrogens (tertiary/aromatic N) is 2. The van der Waals surface area contributed by atoms with Gasteiger partial charge in [-0.3, -0.25) is 4.68 Å². The maximum atomic E-state index is 4.58. The largest absolute Gasteiger partial charge is 0.309 e. The smallest absolute Gasteiger partial charge is 0.0673 e. The number of benzene rings is 2. The summed E-state index contributed by atoms with van der Waals surface area (Å²) in [5.41, 5.74) is 3.72. The van der Waals surface area contributed by atoms with Gasteiger partial charge < -0.3 is 5.32 Å². The van der Waals surface area contributed by atoms with Gasteiger partial charge in [-0.2, -0.15) is 5.10 Å². The molecule has 0 amide bonds. The summed E-state index contributed by atoms with van der Waals surface area (Å²) in [6.45, 7) is 2.15. The third kappa shape index (κ3) is 2.45. The Morgan fingerprint density at radius 2 is 1.86 bits per heavy atom. The molecule has 0 radical (unpaired) electrons. The van der Waals surface area contributed by atoms with E-state index in [-0.39, 0.29) is 6.04 Å². The van der Waals surface area contributed by atoms with Crippen molar-refractivity contribution in [3.8, 4) is 0 Å². The zero-order valence-electron chi connectivity index (χ0n) is 12.8. The fraction of sp³-hybridized carbons (Fsp3) is 0.278. The van der Waals surface area contributed by atoms with Crippen molar-refractivity contribution < 1.29 is 0 Å². The molecule has 0 fully saturated rings. The van der Waals surface area contributed by atoms with Crippen LogP contribution >= 0.6 is 0 Å². The van der Waals surface area contributed by atoms with Crippen molar-refractivity contribution in [3.63, 3.8) is 0 Å². The minimum atomic E-state index is 0.166. The first kappa shape index (κ1) is 13.8. The molecule has 0 aliphatic rings. The Morgan fingerprint density at radius 3 is 2.62 bits per heavy atom. The molecule has 0 spiro atoms. The van der Waals surface area contributed by atoms with E-state index in [2.05, 4.69) is 66.0 Å². The van der Waals surface area contributed by atoms with Crippen LogP contribution in [0.1, 0.15) is 29.8 Å². The summed E-state index contributed by atoms with van der Waals surface area (Å²) < 4.78 is 1.91. The van der Waals surface area contributed by atoms with Crippen molar-refractivity contribution in [1.29, 1.82) is 0 Å². The van der Waals surface area contributed by atoms with E-state index in [0.29, 0.717) is 0 Å². The minimum absolute atomic E-state index is 0.166. The first-order chi connectivity index (χ1) is 10.2. The van der Waals surface area contributed by atoms with Gasteiger partial charge in [0.05, 0.1) is 11.7 Å². The molecule has 3 aromatic rings. The van der Waals surface area contributed by atoms with Crippen LogP contribution in [0.5, 0.6) is 0 Å². The van der Waals surface area contributed by atoms with Crippen LogP contribution in [0.4, 0.5) is 0 Å². The zero-order chi connectivity index (χ0) is 14.8. The zero-order valence-corrected chi connectivity index (χ0v) is 12.8. The average molecular weight is 279 g/mol. The quantitative estimate of drug-likeness (QED) is 0.793. The lowest BCUT2D eigenvalue weighted by Gasteiger charge is -2.19. The molecule has 1 unspecified atom stereocenters. The van der Waals surface area contributed by atoms with E-state index in [9.17, 15) is 0 Å². The van der Waals surface area contributed by atoms with Crippen LogP contribution in [-0.4, -0.2) is 16.8 Å². The molecule has 2 aromatic carbocycles. The summed E-state index contributed by atoms with van der Waals surface area (Å²) >= 11 is 0. The molecule has 3 nitrogen and oxygen atoms in total. The van der Waals surface area contributed by atoms with E-state index >= 15 is 0 Å². The first-order valence-corrected chi connectivity index (χ1v) is 7.42. The predicted octanol–water partition coefficient (Wildman–Crippen LogP) is 3.44. The maximum absolute atomic E-state index is 4.58. The van der Waals surface area contributed by atoms with Gasteiger partial charge in [0, 0.05) is 18.8 Å². The number of hydrogen-bond donors (Lipinski definition) is 1. The number of fused-ring (bicyclic) bond motifs is 1. The van der Waals surface area contributed by atoms with Gasteiger partial charge in [-0.1, -0.05) is 49.4 Å². The molecule has 108 valence electrons. The third-order valence-corrected chi connectivity index (χ3v) is 4.01. The second-order valence-electron chi connectivity index (χ2n) is 5.35. The number of hydrogen-bond acceptors (Lipinski definition) is 2. The Bertz CT molecular complexity index is 753. The molecule has 0 aliphatic heterocycles. The van der Waals surface area contributed by atoms with E-state index in [4.69, 9.17) is 0 Å². The van der Waals surface area contributed by atoms with Gasteiger partial charge in [-0.05, 0) is 29.8 Å². The molecular formula is C18H21N3. The third-order valence-electron chi connectivity index (χ3n) is 4.01. The second-order valence-corrected chi connectivity index (χ2v) is 5.35. The van der Waals surface area contributed by atoms with E-state index in [1.54, 1.807) is 0 Å². The van der Waals surface area contributed by atoms with Crippen LogP contribution in [0.15, 0.2) is 48.7 Å². The van der Waals surface area contributed by atoms with Crippen molar-refractivity contribution >= 4 is 10.8 Å². The lowest BCUT2D eigenvalue weighted by atomic mass is 9.93. The molecule has 0 bridgehead atoms. The van der Waals surface area contributed by atoms with E-state index < -0.39 is 0 Å². The average Bonchev–Trinajstić information content (AvgIpc) is 2.89. The van der Waals surface area contributed by atoms with Gasteiger partial charge in [-0.25, -0.2) is 0 Å². The van der Waals surface area contributed by atoms with Gasteiger partial charge >= 0.3 is 0 Å². The number of rotatable bonds is 4. The van der Waals surface area contributed by atoms with Gasteiger partial charge in [0.25, 0.3) is 0 Å². The number of aromatic nitrogens is 2. The van der Waals surface area contributed by atoms with Crippen molar-refractivity contribution in [3.05, 3.63) is 65.5 Å². The first-order valence-electron chi connectivity index (χ1n) is 7.42. The highest BCUT2D eigenvalue weighted by atomic mass is 15.3. The summed E-state index contributed by atoms with van der Waals surface area (Å²) in [7, 11) is 4.00. The molecule has 3 rings (SSSR count). The lowest BCUT2D eigenvalue weighted by Crippen LogP contribution is -2.18. The van der Waals surface area contributed by atoms with Crippen molar-refractivity contribution in [2.75, 3.05) is 7.05 Å². The van der Waals surface area contributed by atoms with E-state index in [0.717, 1.165) is 12.1 Å². The van der Waals surface area contributed by atoms with Crippen LogP contribution in [0.3, 0.4) is 0 Å². The molecule has 3 heteroatoms. The Balaban J connectivity index is 2.18. The highest BCUT2D eigenvalue weighted by molar-refractivity contribution is 5.86. The molecule has 0 saturated carbocycles. The molecule has 0 saturated heterocycles. The van der Waals surface area contributed by atoms with Gasteiger partial charge in [0.2, 0.25) is 0 Å². The van der Waals surface area contributed by atoms with E-state index in [1.165, 1.54) is 21.9 Å². The van der Waals surface area contributed by atoms with Crippen LogP contribution in [0.2, 0.25) is 0 Å². The Kier molecular flexibility index (Phi) is 3.76. The van der Waals surface area contributed by atoms with Crippen molar-refractivity contribution in [2.45, 2.75) is 19.4 Å². The molecule has 1 atom stereocenters. The Labute approximate surface area is 125 Å². The molecule has 1 heterocycles. The number of nitrogens with one attached hydrogen (secondary N) is 1.